The molecule has 2 unspecified atom stereocenters. The van der Waals surface area contributed by atoms with Crippen molar-refractivity contribution in [1.29, 1.82) is 0 Å². The standard InChI is InChI=1S/C6H12O2.Pd/c1-5-2-3-6(4-7)8-5;/h5-7H,2-4H2,1H3;. The largest absolute Gasteiger partial charge is 0.394 e. The summed E-state index contributed by atoms with van der Waals surface area (Å²) >= 11 is 0. The van der Waals surface area contributed by atoms with Crippen LogP contribution in [-0.2, 0) is 25.2 Å². The van der Waals surface area contributed by atoms with Crippen molar-refractivity contribution in [1.82, 2.24) is 0 Å². The zero-order valence-corrected chi connectivity index (χ0v) is 7.00. The molecule has 0 aliphatic carbocycles. The molecule has 0 saturated carbocycles. The number of aliphatic hydroxyl groups is 1. The summed E-state index contributed by atoms with van der Waals surface area (Å²) in [6, 6.07) is 0. The van der Waals surface area contributed by atoms with Gasteiger partial charge in [-0.25, -0.2) is 0 Å². The van der Waals surface area contributed by atoms with Gasteiger partial charge in [0, 0.05) is 20.4 Å². The summed E-state index contributed by atoms with van der Waals surface area (Å²) in [5.41, 5.74) is 0. The summed E-state index contributed by atoms with van der Waals surface area (Å²) in [6.07, 6.45) is 2.63. The average Bonchev–Trinajstić information content (AvgIpc) is 2.14. The molecule has 1 fully saturated rings. The van der Waals surface area contributed by atoms with Gasteiger partial charge in [0.2, 0.25) is 0 Å². The summed E-state index contributed by atoms with van der Waals surface area (Å²) in [4.78, 5) is 0. The van der Waals surface area contributed by atoms with Crippen LogP contribution in [0.4, 0.5) is 0 Å². The Bertz CT molecular complexity index is 77.5. The Kier molecular flexibility index (Phi) is 4.69. The van der Waals surface area contributed by atoms with Crippen LogP contribution in [0.5, 0.6) is 0 Å². The van der Waals surface area contributed by atoms with Gasteiger partial charge < -0.3 is 9.84 Å². The molecule has 1 rings (SSSR count). The normalized spacial score (nSPS) is 34.0. The molecule has 0 aromatic heterocycles. The Labute approximate surface area is 69.2 Å². The van der Waals surface area contributed by atoms with Gasteiger partial charge in [0.15, 0.2) is 0 Å². The minimum Gasteiger partial charge on any atom is -0.394 e. The van der Waals surface area contributed by atoms with Crippen molar-refractivity contribution in [2.24, 2.45) is 0 Å². The molecule has 2 nitrogen and oxygen atoms in total. The van der Waals surface area contributed by atoms with E-state index in [4.69, 9.17) is 9.84 Å². The molecule has 0 radical (unpaired) electrons. The van der Waals surface area contributed by atoms with E-state index in [1.54, 1.807) is 0 Å². The van der Waals surface area contributed by atoms with Gasteiger partial charge in [-0.1, -0.05) is 0 Å². The summed E-state index contributed by atoms with van der Waals surface area (Å²) < 4.78 is 5.26. The monoisotopic (exact) mass is 222 g/mol. The summed E-state index contributed by atoms with van der Waals surface area (Å²) in [5.74, 6) is 0. The second-order valence-electron chi connectivity index (χ2n) is 2.33. The maximum Gasteiger partial charge on any atom is 0.0810 e. The van der Waals surface area contributed by atoms with Crippen molar-refractivity contribution < 1.29 is 30.3 Å². The Morgan fingerprint density at radius 1 is 1.56 bits per heavy atom. The van der Waals surface area contributed by atoms with Gasteiger partial charge in [0.1, 0.15) is 0 Å². The predicted molar refractivity (Wildman–Crippen MR) is 30.7 cm³/mol. The molecule has 0 amide bonds. The fourth-order valence-corrected chi connectivity index (χ4v) is 1.02. The number of hydrogen-bond donors (Lipinski definition) is 1. The van der Waals surface area contributed by atoms with Gasteiger partial charge in [0.05, 0.1) is 18.8 Å². The molecule has 1 N–H and O–H groups in total. The molecule has 0 spiro atoms. The van der Waals surface area contributed by atoms with E-state index >= 15 is 0 Å². The van der Waals surface area contributed by atoms with E-state index in [-0.39, 0.29) is 33.1 Å². The van der Waals surface area contributed by atoms with Crippen molar-refractivity contribution in [3.8, 4) is 0 Å². The molecule has 9 heavy (non-hydrogen) atoms. The van der Waals surface area contributed by atoms with Crippen LogP contribution >= 0.6 is 0 Å². The minimum atomic E-state index is 0. The van der Waals surface area contributed by atoms with Crippen molar-refractivity contribution in [2.75, 3.05) is 6.61 Å². The van der Waals surface area contributed by atoms with E-state index in [2.05, 4.69) is 0 Å². The molecular formula is C6H12O2Pd. The van der Waals surface area contributed by atoms with Gasteiger partial charge in [0.25, 0.3) is 0 Å². The fraction of sp³-hybridized carbons (Fsp3) is 1.00. The molecule has 1 aliphatic heterocycles. The quantitative estimate of drug-likeness (QED) is 0.657. The molecule has 0 aromatic rings. The van der Waals surface area contributed by atoms with Gasteiger partial charge in [-0.2, -0.15) is 0 Å². The van der Waals surface area contributed by atoms with E-state index in [9.17, 15) is 0 Å². The second-order valence-corrected chi connectivity index (χ2v) is 2.33. The smallest absolute Gasteiger partial charge is 0.0810 e. The van der Waals surface area contributed by atoms with Crippen molar-refractivity contribution >= 4 is 0 Å². The van der Waals surface area contributed by atoms with E-state index in [0.717, 1.165) is 12.8 Å². The van der Waals surface area contributed by atoms with Crippen molar-refractivity contribution in [3.63, 3.8) is 0 Å². The first kappa shape index (κ1) is 9.58. The van der Waals surface area contributed by atoms with Crippen LogP contribution in [0.3, 0.4) is 0 Å². The number of rotatable bonds is 1. The van der Waals surface area contributed by atoms with Crippen LogP contribution in [0, 0.1) is 0 Å². The molecule has 0 bridgehead atoms. The average molecular weight is 223 g/mol. The third-order valence-corrected chi connectivity index (χ3v) is 1.52. The first-order valence-corrected chi connectivity index (χ1v) is 3.09. The number of aliphatic hydroxyl groups excluding tert-OH is 1. The number of ether oxygens (including phenoxy) is 1. The molecule has 1 aliphatic rings. The van der Waals surface area contributed by atoms with Crippen molar-refractivity contribution in [2.45, 2.75) is 32.0 Å². The Morgan fingerprint density at radius 3 is 2.44 bits per heavy atom. The van der Waals surface area contributed by atoms with Crippen molar-refractivity contribution in [3.05, 3.63) is 0 Å². The molecule has 1 saturated heterocycles. The molecule has 1 heterocycles. The second kappa shape index (κ2) is 4.41. The van der Waals surface area contributed by atoms with Crippen LogP contribution < -0.4 is 0 Å². The van der Waals surface area contributed by atoms with Gasteiger partial charge in [-0.05, 0) is 19.8 Å². The SMILES string of the molecule is CC1CCC(CO)O1.[Pd]. The Morgan fingerprint density at radius 2 is 2.22 bits per heavy atom. The summed E-state index contributed by atoms with van der Waals surface area (Å²) in [7, 11) is 0. The van der Waals surface area contributed by atoms with E-state index in [0.29, 0.717) is 6.10 Å². The summed E-state index contributed by atoms with van der Waals surface area (Å²) in [5, 5.41) is 8.56. The maximum atomic E-state index is 8.56. The minimum absolute atomic E-state index is 0. The molecular weight excluding hydrogens is 210 g/mol. The topological polar surface area (TPSA) is 29.5 Å². The van der Waals surface area contributed by atoms with Gasteiger partial charge >= 0.3 is 0 Å². The third kappa shape index (κ3) is 2.77. The third-order valence-electron chi connectivity index (χ3n) is 1.52. The maximum absolute atomic E-state index is 8.56. The van der Waals surface area contributed by atoms with Gasteiger partial charge in [-0.15, -0.1) is 0 Å². The zero-order valence-electron chi connectivity index (χ0n) is 5.45. The van der Waals surface area contributed by atoms with Crippen LogP contribution in [0.2, 0.25) is 0 Å². The van der Waals surface area contributed by atoms with Crippen LogP contribution in [0.25, 0.3) is 0 Å². The number of hydrogen-bond acceptors (Lipinski definition) is 2. The first-order valence-electron chi connectivity index (χ1n) is 3.09. The Balaban J connectivity index is 0.000000640. The van der Waals surface area contributed by atoms with E-state index in [1.165, 1.54) is 0 Å². The van der Waals surface area contributed by atoms with E-state index < -0.39 is 0 Å². The molecule has 2 atom stereocenters. The van der Waals surface area contributed by atoms with Gasteiger partial charge in [-0.3, -0.25) is 0 Å². The van der Waals surface area contributed by atoms with Crippen LogP contribution in [-0.4, -0.2) is 23.9 Å². The first-order chi connectivity index (χ1) is 3.83. The molecule has 3 heteroatoms. The molecule has 58 valence electrons. The fourth-order valence-electron chi connectivity index (χ4n) is 1.02. The predicted octanol–water partition coefficient (Wildman–Crippen LogP) is 0.544. The summed E-state index contributed by atoms with van der Waals surface area (Å²) in [6.45, 7) is 2.22. The zero-order chi connectivity index (χ0) is 5.98. The van der Waals surface area contributed by atoms with E-state index in [1.807, 2.05) is 6.92 Å². The van der Waals surface area contributed by atoms with Crippen LogP contribution in [0.15, 0.2) is 0 Å². The Hall–Kier alpha value is 0.582. The van der Waals surface area contributed by atoms with Crippen LogP contribution in [0.1, 0.15) is 19.8 Å². The molecule has 0 aromatic carbocycles.